The number of hydrogen-bond acceptors (Lipinski definition) is 5. The van der Waals surface area contributed by atoms with Gasteiger partial charge in [0, 0.05) is 0 Å². The summed E-state index contributed by atoms with van der Waals surface area (Å²) in [7, 11) is 1.56. The first kappa shape index (κ1) is 24.7. The highest BCUT2D eigenvalue weighted by molar-refractivity contribution is 8.19. The Morgan fingerprint density at radius 3 is 2.24 bits per heavy atom. The van der Waals surface area contributed by atoms with Gasteiger partial charge in [-0.1, -0.05) is 78.3 Å². The minimum Gasteiger partial charge on any atom is -0.493 e. The molecule has 0 atom stereocenters. The molecule has 0 radical (unpaired) electrons. The van der Waals surface area contributed by atoms with Crippen LogP contribution in [0.25, 0.3) is 6.08 Å². The zero-order chi connectivity index (χ0) is 25.6. The second kappa shape index (κ2) is 11.4. The lowest BCUT2D eigenvalue weighted by Gasteiger charge is -2.15. The maximum absolute atomic E-state index is 13.5. The summed E-state index contributed by atoms with van der Waals surface area (Å²) in [6, 6.07) is 32.5. The molecule has 184 valence electrons. The first-order valence-electron chi connectivity index (χ1n) is 11.6. The van der Waals surface area contributed by atoms with Crippen LogP contribution in [0.1, 0.15) is 11.1 Å². The zero-order valence-corrected chi connectivity index (χ0v) is 21.6. The van der Waals surface area contributed by atoms with E-state index in [1.54, 1.807) is 24.2 Å². The third-order valence-corrected chi connectivity index (χ3v) is 6.83. The number of aliphatic imine (C=N–C) groups is 1. The largest absolute Gasteiger partial charge is 0.493 e. The minimum atomic E-state index is -0.162. The Morgan fingerprint density at radius 2 is 1.57 bits per heavy atom. The van der Waals surface area contributed by atoms with Crippen molar-refractivity contribution in [2.24, 2.45) is 4.99 Å². The number of carbonyl (C=O) groups excluding carboxylic acids is 1. The monoisotopic (exact) mass is 526 g/mol. The highest BCUT2D eigenvalue weighted by Crippen LogP contribution is 2.40. The molecule has 1 amide bonds. The average molecular weight is 527 g/mol. The van der Waals surface area contributed by atoms with Crippen molar-refractivity contribution in [1.29, 1.82) is 0 Å². The summed E-state index contributed by atoms with van der Waals surface area (Å²) in [6.07, 6.45) is 1.80. The van der Waals surface area contributed by atoms with E-state index in [4.69, 9.17) is 26.1 Å². The molecule has 1 aliphatic rings. The Labute approximate surface area is 225 Å². The SMILES string of the molecule is COc1cc(/C=C2/SC(=Nc3ccccc3)N(c3ccccc3)C2=O)cc(Cl)c1OCc1ccccc1. The molecule has 5 rings (SSSR count). The van der Waals surface area contributed by atoms with E-state index in [0.717, 1.165) is 22.5 Å². The molecule has 0 N–H and O–H groups in total. The van der Waals surface area contributed by atoms with Crippen LogP contribution in [0, 0.1) is 0 Å². The van der Waals surface area contributed by atoms with Crippen molar-refractivity contribution in [3.63, 3.8) is 0 Å². The van der Waals surface area contributed by atoms with Gasteiger partial charge in [-0.15, -0.1) is 0 Å². The number of rotatable bonds is 7. The summed E-state index contributed by atoms with van der Waals surface area (Å²) < 4.78 is 11.5. The first-order valence-corrected chi connectivity index (χ1v) is 12.8. The molecule has 5 nitrogen and oxygen atoms in total. The van der Waals surface area contributed by atoms with Gasteiger partial charge in [0.2, 0.25) is 0 Å². The van der Waals surface area contributed by atoms with Crippen molar-refractivity contribution in [3.8, 4) is 11.5 Å². The summed E-state index contributed by atoms with van der Waals surface area (Å²) in [5, 5.41) is 0.977. The van der Waals surface area contributed by atoms with Gasteiger partial charge < -0.3 is 9.47 Å². The van der Waals surface area contributed by atoms with Gasteiger partial charge in [0.25, 0.3) is 5.91 Å². The van der Waals surface area contributed by atoms with Crippen LogP contribution in [0.3, 0.4) is 0 Å². The van der Waals surface area contributed by atoms with E-state index < -0.39 is 0 Å². The van der Waals surface area contributed by atoms with Crippen molar-refractivity contribution >= 4 is 51.9 Å². The fourth-order valence-electron chi connectivity index (χ4n) is 3.81. The van der Waals surface area contributed by atoms with Crippen LogP contribution in [0.4, 0.5) is 11.4 Å². The van der Waals surface area contributed by atoms with E-state index in [2.05, 4.69) is 0 Å². The first-order chi connectivity index (χ1) is 18.1. The summed E-state index contributed by atoms with van der Waals surface area (Å²) in [5.74, 6) is 0.784. The molecule has 1 heterocycles. The minimum absolute atomic E-state index is 0.162. The van der Waals surface area contributed by atoms with E-state index in [1.807, 2.05) is 97.1 Å². The number of hydrogen-bond donors (Lipinski definition) is 0. The molecule has 0 aliphatic carbocycles. The second-order valence-corrected chi connectivity index (χ2v) is 9.54. The number of thioether (sulfide) groups is 1. The van der Waals surface area contributed by atoms with Gasteiger partial charge in [-0.05, 0) is 65.4 Å². The number of carbonyl (C=O) groups is 1. The van der Waals surface area contributed by atoms with Crippen molar-refractivity contribution in [2.45, 2.75) is 6.61 Å². The number of halogens is 1. The topological polar surface area (TPSA) is 51.1 Å². The molecule has 0 saturated carbocycles. The molecule has 4 aromatic rings. The summed E-state index contributed by atoms with van der Waals surface area (Å²) in [6.45, 7) is 0.358. The van der Waals surface area contributed by atoms with Crippen LogP contribution in [0.2, 0.25) is 5.02 Å². The smallest absolute Gasteiger partial charge is 0.271 e. The van der Waals surface area contributed by atoms with Crippen molar-refractivity contribution < 1.29 is 14.3 Å². The van der Waals surface area contributed by atoms with Gasteiger partial charge in [0.05, 0.1) is 28.4 Å². The lowest BCUT2D eigenvalue weighted by atomic mass is 10.1. The summed E-state index contributed by atoms with van der Waals surface area (Å²) >= 11 is 7.92. The molecular weight excluding hydrogens is 504 g/mol. The van der Waals surface area contributed by atoms with Gasteiger partial charge in [-0.25, -0.2) is 4.99 Å². The Hall–Kier alpha value is -4.00. The summed E-state index contributed by atoms with van der Waals surface area (Å²) in [4.78, 5) is 20.4. The third-order valence-electron chi connectivity index (χ3n) is 5.58. The number of benzene rings is 4. The predicted octanol–water partition coefficient (Wildman–Crippen LogP) is 7.74. The second-order valence-electron chi connectivity index (χ2n) is 8.13. The molecule has 4 aromatic carbocycles. The number of amides is 1. The van der Waals surface area contributed by atoms with Gasteiger partial charge in [0.15, 0.2) is 16.7 Å². The van der Waals surface area contributed by atoms with Gasteiger partial charge in [-0.3, -0.25) is 9.69 Å². The Bertz CT molecular complexity index is 1460. The van der Waals surface area contributed by atoms with E-state index in [9.17, 15) is 4.79 Å². The Morgan fingerprint density at radius 1 is 0.919 bits per heavy atom. The van der Waals surface area contributed by atoms with Crippen LogP contribution >= 0.6 is 23.4 Å². The van der Waals surface area contributed by atoms with Crippen molar-refractivity contribution in [2.75, 3.05) is 12.0 Å². The zero-order valence-electron chi connectivity index (χ0n) is 20.0. The Kier molecular flexibility index (Phi) is 7.59. The number of ether oxygens (including phenoxy) is 2. The average Bonchev–Trinajstić information content (AvgIpc) is 3.23. The lowest BCUT2D eigenvalue weighted by Crippen LogP contribution is -2.28. The molecule has 7 heteroatoms. The molecule has 1 aliphatic heterocycles. The third kappa shape index (κ3) is 5.71. The number of nitrogens with zero attached hydrogens (tertiary/aromatic N) is 2. The van der Waals surface area contributed by atoms with Crippen LogP contribution < -0.4 is 14.4 Å². The molecule has 37 heavy (non-hydrogen) atoms. The predicted molar refractivity (Wildman–Crippen MR) is 152 cm³/mol. The molecule has 1 fully saturated rings. The molecule has 0 bridgehead atoms. The summed E-state index contributed by atoms with van der Waals surface area (Å²) in [5.41, 5.74) is 3.26. The molecule has 0 unspecified atom stereocenters. The Balaban J connectivity index is 1.47. The van der Waals surface area contributed by atoms with E-state index in [1.165, 1.54) is 11.8 Å². The molecule has 0 aromatic heterocycles. The van der Waals surface area contributed by atoms with Crippen LogP contribution in [-0.2, 0) is 11.4 Å². The quantitative estimate of drug-likeness (QED) is 0.231. The molecule has 0 spiro atoms. The standard InChI is InChI=1S/C30H23ClN2O3S/c1-35-26-18-22(17-25(31)28(26)36-20-21-11-5-2-6-12-21)19-27-29(34)33(24-15-9-4-10-16-24)30(37-27)32-23-13-7-3-8-14-23/h2-19H,20H2,1H3/b27-19+,32-30?. The van der Waals surface area contributed by atoms with Gasteiger partial charge >= 0.3 is 0 Å². The highest BCUT2D eigenvalue weighted by Gasteiger charge is 2.34. The lowest BCUT2D eigenvalue weighted by molar-refractivity contribution is -0.113. The fourth-order valence-corrected chi connectivity index (χ4v) is 5.09. The van der Waals surface area contributed by atoms with Crippen LogP contribution in [-0.4, -0.2) is 18.2 Å². The normalized spacial score (nSPS) is 15.4. The van der Waals surface area contributed by atoms with Gasteiger partial charge in [-0.2, -0.15) is 0 Å². The van der Waals surface area contributed by atoms with E-state index >= 15 is 0 Å². The van der Waals surface area contributed by atoms with Crippen molar-refractivity contribution in [1.82, 2.24) is 0 Å². The van der Waals surface area contributed by atoms with Crippen LogP contribution in [0.5, 0.6) is 11.5 Å². The van der Waals surface area contributed by atoms with Crippen molar-refractivity contribution in [3.05, 3.63) is 124 Å². The highest BCUT2D eigenvalue weighted by atomic mass is 35.5. The number of para-hydroxylation sites is 2. The number of anilines is 1. The molecular formula is C30H23ClN2O3S. The van der Waals surface area contributed by atoms with Gasteiger partial charge in [0.1, 0.15) is 6.61 Å². The van der Waals surface area contributed by atoms with E-state index in [-0.39, 0.29) is 5.91 Å². The van der Waals surface area contributed by atoms with Crippen LogP contribution in [0.15, 0.2) is 113 Å². The molecule has 1 saturated heterocycles. The maximum atomic E-state index is 13.5. The van der Waals surface area contributed by atoms with E-state index in [0.29, 0.717) is 33.2 Å². The number of amidine groups is 1. The fraction of sp³-hybridized carbons (Fsp3) is 0.0667. The number of methoxy groups -OCH3 is 1. The maximum Gasteiger partial charge on any atom is 0.271 e.